The maximum Gasteiger partial charge on any atom is 0.227 e. The van der Waals surface area contributed by atoms with Crippen molar-refractivity contribution in [2.75, 3.05) is 11.9 Å². The molecule has 2 amide bonds. The molecule has 1 aliphatic heterocycles. The van der Waals surface area contributed by atoms with Gasteiger partial charge in [0.1, 0.15) is 5.82 Å². The summed E-state index contributed by atoms with van der Waals surface area (Å²) in [6.45, 7) is 0.460. The minimum Gasteiger partial charge on any atom is -0.356 e. The fraction of sp³-hybridized carbons (Fsp3) is 0.300. The molecular weight excluding hydrogens is 319 g/mol. The SMILES string of the molecule is O=C(CCC1Cc2ccccc2NC1=O)NCCc1cccc(F)c1. The number of amides is 2. The van der Waals surface area contributed by atoms with Gasteiger partial charge in [0.15, 0.2) is 0 Å². The van der Waals surface area contributed by atoms with Crippen molar-refractivity contribution in [2.24, 2.45) is 5.92 Å². The zero-order valence-corrected chi connectivity index (χ0v) is 13.9. The third-order valence-electron chi connectivity index (χ3n) is 4.46. The number of carbonyl (C=O) groups excluding carboxylic acids is 2. The van der Waals surface area contributed by atoms with Gasteiger partial charge in [0.2, 0.25) is 11.8 Å². The fourth-order valence-corrected chi connectivity index (χ4v) is 3.08. The number of anilines is 1. The van der Waals surface area contributed by atoms with Crippen LogP contribution in [0.4, 0.5) is 10.1 Å². The number of fused-ring (bicyclic) bond motifs is 1. The molecule has 1 aliphatic rings. The fourth-order valence-electron chi connectivity index (χ4n) is 3.08. The largest absolute Gasteiger partial charge is 0.356 e. The van der Waals surface area contributed by atoms with E-state index in [1.807, 2.05) is 30.3 Å². The molecule has 2 N–H and O–H groups in total. The van der Waals surface area contributed by atoms with Crippen LogP contribution in [0.5, 0.6) is 0 Å². The van der Waals surface area contributed by atoms with Gasteiger partial charge in [0.25, 0.3) is 0 Å². The molecule has 3 rings (SSSR count). The lowest BCUT2D eigenvalue weighted by Gasteiger charge is -2.24. The molecule has 0 radical (unpaired) electrons. The highest BCUT2D eigenvalue weighted by Gasteiger charge is 2.26. The summed E-state index contributed by atoms with van der Waals surface area (Å²) in [6, 6.07) is 14.1. The second-order valence-electron chi connectivity index (χ2n) is 6.32. The van der Waals surface area contributed by atoms with Crippen LogP contribution < -0.4 is 10.6 Å². The number of para-hydroxylation sites is 1. The zero-order valence-electron chi connectivity index (χ0n) is 13.9. The van der Waals surface area contributed by atoms with Crippen LogP contribution in [-0.2, 0) is 22.4 Å². The predicted molar refractivity (Wildman–Crippen MR) is 94.6 cm³/mol. The van der Waals surface area contributed by atoms with Gasteiger partial charge in [0.05, 0.1) is 0 Å². The molecule has 2 aromatic carbocycles. The second kappa shape index (κ2) is 7.92. The number of benzene rings is 2. The van der Waals surface area contributed by atoms with Gasteiger partial charge in [0, 0.05) is 24.6 Å². The van der Waals surface area contributed by atoms with Crippen LogP contribution in [0.25, 0.3) is 0 Å². The molecule has 4 nitrogen and oxygen atoms in total. The van der Waals surface area contributed by atoms with Gasteiger partial charge < -0.3 is 10.6 Å². The van der Waals surface area contributed by atoms with E-state index in [4.69, 9.17) is 0 Å². The third-order valence-corrected chi connectivity index (χ3v) is 4.46. The van der Waals surface area contributed by atoms with Gasteiger partial charge in [-0.25, -0.2) is 4.39 Å². The van der Waals surface area contributed by atoms with E-state index in [2.05, 4.69) is 10.6 Å². The Morgan fingerprint density at radius 1 is 1.20 bits per heavy atom. The van der Waals surface area contributed by atoms with Crippen LogP contribution in [0.15, 0.2) is 48.5 Å². The quantitative estimate of drug-likeness (QED) is 0.849. The van der Waals surface area contributed by atoms with Gasteiger partial charge in [-0.1, -0.05) is 30.3 Å². The summed E-state index contributed by atoms with van der Waals surface area (Å²) >= 11 is 0. The predicted octanol–water partition coefficient (Wildman–Crippen LogP) is 3.08. The van der Waals surface area contributed by atoms with Crippen molar-refractivity contribution in [3.05, 3.63) is 65.5 Å². The Morgan fingerprint density at radius 3 is 2.88 bits per heavy atom. The van der Waals surface area contributed by atoms with Crippen molar-refractivity contribution in [1.29, 1.82) is 0 Å². The average Bonchev–Trinajstić information content (AvgIpc) is 2.60. The number of carbonyl (C=O) groups is 2. The topological polar surface area (TPSA) is 58.2 Å². The highest BCUT2D eigenvalue weighted by atomic mass is 19.1. The monoisotopic (exact) mass is 340 g/mol. The average molecular weight is 340 g/mol. The van der Waals surface area contributed by atoms with Crippen molar-refractivity contribution in [2.45, 2.75) is 25.7 Å². The highest BCUT2D eigenvalue weighted by molar-refractivity contribution is 5.96. The molecule has 0 saturated carbocycles. The van der Waals surface area contributed by atoms with Crippen LogP contribution in [0.1, 0.15) is 24.0 Å². The molecule has 1 atom stereocenters. The summed E-state index contributed by atoms with van der Waals surface area (Å²) in [7, 11) is 0. The van der Waals surface area contributed by atoms with Gasteiger partial charge in [-0.2, -0.15) is 0 Å². The summed E-state index contributed by atoms with van der Waals surface area (Å²) in [5, 5.41) is 5.73. The van der Waals surface area contributed by atoms with E-state index in [-0.39, 0.29) is 23.5 Å². The Hall–Kier alpha value is -2.69. The van der Waals surface area contributed by atoms with Gasteiger partial charge in [-0.3, -0.25) is 9.59 Å². The first-order chi connectivity index (χ1) is 12.1. The summed E-state index contributed by atoms with van der Waals surface area (Å²) in [4.78, 5) is 24.1. The minimum absolute atomic E-state index is 0.0220. The summed E-state index contributed by atoms with van der Waals surface area (Å²) < 4.78 is 13.1. The molecule has 0 aromatic heterocycles. The van der Waals surface area contributed by atoms with Gasteiger partial charge in [-0.15, -0.1) is 0 Å². The molecule has 0 bridgehead atoms. The van der Waals surface area contributed by atoms with Crippen molar-refractivity contribution in [3.63, 3.8) is 0 Å². The molecule has 5 heteroatoms. The van der Waals surface area contributed by atoms with E-state index in [9.17, 15) is 14.0 Å². The van der Waals surface area contributed by atoms with Crippen molar-refractivity contribution in [3.8, 4) is 0 Å². The lowest BCUT2D eigenvalue weighted by molar-refractivity contribution is -0.122. The van der Waals surface area contributed by atoms with Crippen LogP contribution >= 0.6 is 0 Å². The van der Waals surface area contributed by atoms with E-state index >= 15 is 0 Å². The first kappa shape index (κ1) is 17.1. The maximum absolute atomic E-state index is 13.1. The van der Waals surface area contributed by atoms with Gasteiger partial charge in [-0.05, 0) is 48.6 Å². The number of hydrogen-bond acceptors (Lipinski definition) is 2. The Balaban J connectivity index is 1.42. The maximum atomic E-state index is 13.1. The van der Waals surface area contributed by atoms with E-state index in [0.717, 1.165) is 16.8 Å². The smallest absolute Gasteiger partial charge is 0.227 e. The van der Waals surface area contributed by atoms with E-state index < -0.39 is 0 Å². The Bertz CT molecular complexity index is 776. The Morgan fingerprint density at radius 2 is 2.04 bits per heavy atom. The van der Waals surface area contributed by atoms with Crippen molar-refractivity contribution < 1.29 is 14.0 Å². The highest BCUT2D eigenvalue weighted by Crippen LogP contribution is 2.27. The zero-order chi connectivity index (χ0) is 17.6. The van der Waals surface area contributed by atoms with Gasteiger partial charge >= 0.3 is 0 Å². The molecule has 0 saturated heterocycles. The normalized spacial score (nSPS) is 16.0. The minimum atomic E-state index is -0.271. The van der Waals surface area contributed by atoms with E-state index in [1.165, 1.54) is 12.1 Å². The molecule has 0 aliphatic carbocycles. The molecule has 130 valence electrons. The molecule has 1 unspecified atom stereocenters. The number of hydrogen-bond donors (Lipinski definition) is 2. The summed E-state index contributed by atoms with van der Waals surface area (Å²) in [5.41, 5.74) is 2.82. The number of rotatable bonds is 6. The first-order valence-electron chi connectivity index (χ1n) is 8.52. The first-order valence-corrected chi connectivity index (χ1v) is 8.52. The third kappa shape index (κ3) is 4.66. The van der Waals surface area contributed by atoms with Crippen LogP contribution in [0.2, 0.25) is 0 Å². The molecule has 1 heterocycles. The molecule has 0 spiro atoms. The molecule has 25 heavy (non-hydrogen) atoms. The van der Waals surface area contributed by atoms with Crippen LogP contribution in [0.3, 0.4) is 0 Å². The Kier molecular flexibility index (Phi) is 5.43. The standard InChI is InChI=1S/C20H21FN2O2/c21-17-6-3-4-14(12-17)10-11-22-19(24)9-8-16-13-15-5-1-2-7-18(15)23-20(16)25/h1-7,12,16H,8-11,13H2,(H,22,24)(H,23,25). The van der Waals surface area contributed by atoms with Crippen molar-refractivity contribution >= 4 is 17.5 Å². The number of halogens is 1. The molecular formula is C20H21FN2O2. The van der Waals surface area contributed by atoms with E-state index in [1.54, 1.807) is 6.07 Å². The lowest BCUT2D eigenvalue weighted by Crippen LogP contribution is -2.32. The molecule has 2 aromatic rings. The van der Waals surface area contributed by atoms with E-state index in [0.29, 0.717) is 32.2 Å². The second-order valence-corrected chi connectivity index (χ2v) is 6.32. The van der Waals surface area contributed by atoms with Crippen molar-refractivity contribution in [1.82, 2.24) is 5.32 Å². The lowest BCUT2D eigenvalue weighted by atomic mass is 9.89. The Labute approximate surface area is 146 Å². The van der Waals surface area contributed by atoms with Crippen LogP contribution in [0, 0.1) is 11.7 Å². The summed E-state index contributed by atoms with van der Waals surface area (Å²) in [5.74, 6) is -0.550. The van der Waals surface area contributed by atoms with Crippen LogP contribution in [-0.4, -0.2) is 18.4 Å². The molecule has 0 fully saturated rings. The summed E-state index contributed by atoms with van der Waals surface area (Å²) in [6.07, 6.45) is 2.08. The number of nitrogens with one attached hydrogen (secondary N) is 2.